The highest BCUT2D eigenvalue weighted by atomic mass is 32.2. The van der Waals surface area contributed by atoms with Crippen LogP contribution >= 0.6 is 0 Å². The average Bonchev–Trinajstić information content (AvgIpc) is 2.71. The maximum absolute atomic E-state index is 12.2. The number of rotatable bonds is 9. The van der Waals surface area contributed by atoms with E-state index in [9.17, 15) is 28.1 Å². The Labute approximate surface area is 167 Å². The molecule has 1 unspecified atom stereocenters. The molecule has 0 aliphatic rings. The number of nitrogens with zero attached hydrogens (tertiary/aromatic N) is 1. The van der Waals surface area contributed by atoms with Gasteiger partial charge in [0.1, 0.15) is 6.04 Å². The summed E-state index contributed by atoms with van der Waals surface area (Å²) in [5, 5.41) is 15.8. The third kappa shape index (κ3) is 6.36. The Bertz CT molecular complexity index is 994. The average molecular weight is 420 g/mol. The minimum Gasteiger partial charge on any atom is -0.353 e. The van der Waals surface area contributed by atoms with Gasteiger partial charge in [0.05, 0.1) is 9.82 Å². The first-order valence-electron chi connectivity index (χ1n) is 8.58. The molecule has 1 atom stereocenters. The predicted molar refractivity (Wildman–Crippen MR) is 105 cm³/mol. The van der Waals surface area contributed by atoms with Crippen LogP contribution in [0.1, 0.15) is 17.3 Å². The summed E-state index contributed by atoms with van der Waals surface area (Å²) in [6.45, 7) is 1.35. The van der Waals surface area contributed by atoms with E-state index in [1.54, 1.807) is 30.3 Å². The number of nitrogens with one attached hydrogen (secondary N) is 3. The Kier molecular flexibility index (Phi) is 7.39. The molecule has 0 radical (unpaired) electrons. The smallest absolute Gasteiger partial charge is 0.270 e. The molecule has 0 aromatic heterocycles. The third-order valence-electron chi connectivity index (χ3n) is 3.83. The van der Waals surface area contributed by atoms with Crippen LogP contribution in [0.15, 0.2) is 59.5 Å². The summed E-state index contributed by atoms with van der Waals surface area (Å²) in [6, 6.07) is 12.2. The number of nitro groups is 1. The van der Waals surface area contributed by atoms with Crippen LogP contribution in [0.4, 0.5) is 5.69 Å². The summed E-state index contributed by atoms with van der Waals surface area (Å²) in [4.78, 5) is 33.9. The van der Waals surface area contributed by atoms with Crippen LogP contribution in [0.3, 0.4) is 0 Å². The largest absolute Gasteiger partial charge is 0.353 e. The van der Waals surface area contributed by atoms with Gasteiger partial charge in [-0.15, -0.1) is 0 Å². The van der Waals surface area contributed by atoms with Gasteiger partial charge in [0.2, 0.25) is 15.9 Å². The fraction of sp³-hybridized carbons (Fsp3) is 0.222. The Balaban J connectivity index is 1.81. The van der Waals surface area contributed by atoms with Gasteiger partial charge in [-0.1, -0.05) is 24.3 Å². The van der Waals surface area contributed by atoms with Crippen LogP contribution in [0.2, 0.25) is 0 Å². The number of carbonyl (C=O) groups excluding carboxylic acids is 2. The Hall–Kier alpha value is -3.31. The molecule has 2 aromatic carbocycles. The molecule has 0 spiro atoms. The quantitative estimate of drug-likeness (QED) is 0.311. The number of hydrogen-bond donors (Lipinski definition) is 3. The zero-order valence-electron chi connectivity index (χ0n) is 15.5. The lowest BCUT2D eigenvalue weighted by Crippen LogP contribution is -2.46. The summed E-state index contributed by atoms with van der Waals surface area (Å²) in [5.41, 5.74) is 0.0704. The van der Waals surface area contributed by atoms with Gasteiger partial charge in [-0.2, -0.15) is 0 Å². The molecule has 2 amide bonds. The van der Waals surface area contributed by atoms with E-state index in [4.69, 9.17) is 0 Å². The molecule has 2 rings (SSSR count). The van der Waals surface area contributed by atoms with Crippen molar-refractivity contribution < 1.29 is 22.9 Å². The van der Waals surface area contributed by atoms with Crippen LogP contribution in [0.5, 0.6) is 0 Å². The van der Waals surface area contributed by atoms with Crippen molar-refractivity contribution in [2.24, 2.45) is 0 Å². The molecule has 0 aliphatic heterocycles. The number of sulfonamides is 1. The maximum Gasteiger partial charge on any atom is 0.270 e. The lowest BCUT2D eigenvalue weighted by Gasteiger charge is -2.14. The normalized spacial score (nSPS) is 12.0. The van der Waals surface area contributed by atoms with E-state index in [1.165, 1.54) is 25.1 Å². The van der Waals surface area contributed by atoms with E-state index >= 15 is 0 Å². The Morgan fingerprint density at radius 3 is 2.41 bits per heavy atom. The fourth-order valence-electron chi connectivity index (χ4n) is 2.31. The van der Waals surface area contributed by atoms with Gasteiger partial charge in [-0.25, -0.2) is 13.1 Å². The van der Waals surface area contributed by atoms with Crippen molar-refractivity contribution in [3.63, 3.8) is 0 Å². The number of carbonyl (C=O) groups is 2. The predicted octanol–water partition coefficient (Wildman–Crippen LogP) is 0.808. The van der Waals surface area contributed by atoms with E-state index in [0.29, 0.717) is 5.56 Å². The van der Waals surface area contributed by atoms with Gasteiger partial charge in [-0.05, 0) is 25.1 Å². The number of amides is 2. The molecule has 0 aliphatic carbocycles. The third-order valence-corrected chi connectivity index (χ3v) is 5.29. The van der Waals surface area contributed by atoms with E-state index in [-0.39, 0.29) is 23.7 Å². The number of hydrogen-bond acceptors (Lipinski definition) is 6. The fourth-order valence-corrected chi connectivity index (χ4v) is 3.38. The maximum atomic E-state index is 12.2. The van der Waals surface area contributed by atoms with Crippen LogP contribution in [0, 0.1) is 10.1 Å². The molecule has 0 saturated carbocycles. The molecule has 0 saturated heterocycles. The van der Waals surface area contributed by atoms with Crippen LogP contribution < -0.4 is 15.4 Å². The van der Waals surface area contributed by atoms with Crippen LogP contribution in [0.25, 0.3) is 0 Å². The van der Waals surface area contributed by atoms with E-state index < -0.39 is 32.8 Å². The number of non-ortho nitro benzene ring substituents is 1. The van der Waals surface area contributed by atoms with Gasteiger partial charge < -0.3 is 10.6 Å². The Morgan fingerprint density at radius 1 is 1.07 bits per heavy atom. The van der Waals surface area contributed by atoms with E-state index in [2.05, 4.69) is 15.4 Å². The molecular weight excluding hydrogens is 400 g/mol. The summed E-state index contributed by atoms with van der Waals surface area (Å²) in [5.74, 6) is -0.886. The lowest BCUT2D eigenvalue weighted by molar-refractivity contribution is -0.385. The summed E-state index contributed by atoms with van der Waals surface area (Å²) in [7, 11) is -3.97. The van der Waals surface area contributed by atoms with Gasteiger partial charge in [0.15, 0.2) is 0 Å². The number of benzene rings is 2. The molecule has 154 valence electrons. The molecule has 0 bridgehead atoms. The number of nitro benzene ring substituents is 1. The second-order valence-electron chi connectivity index (χ2n) is 6.00. The van der Waals surface area contributed by atoms with E-state index in [0.717, 1.165) is 6.07 Å². The topological polar surface area (TPSA) is 148 Å². The monoisotopic (exact) mass is 420 g/mol. The minimum atomic E-state index is -3.97. The molecule has 29 heavy (non-hydrogen) atoms. The lowest BCUT2D eigenvalue weighted by atomic mass is 10.2. The van der Waals surface area contributed by atoms with Gasteiger partial charge in [0.25, 0.3) is 11.6 Å². The Morgan fingerprint density at radius 2 is 1.76 bits per heavy atom. The summed E-state index contributed by atoms with van der Waals surface area (Å²) in [6.07, 6.45) is 0. The first kappa shape index (κ1) is 22.0. The van der Waals surface area contributed by atoms with Crippen molar-refractivity contribution in [2.75, 3.05) is 13.1 Å². The zero-order valence-corrected chi connectivity index (χ0v) is 16.3. The van der Waals surface area contributed by atoms with E-state index in [1.807, 2.05) is 0 Å². The summed E-state index contributed by atoms with van der Waals surface area (Å²) < 4.78 is 26.6. The van der Waals surface area contributed by atoms with Gasteiger partial charge in [-0.3, -0.25) is 19.7 Å². The van der Waals surface area contributed by atoms with Crippen LogP contribution in [-0.4, -0.2) is 44.3 Å². The standard InChI is InChI=1S/C18H20N4O6S/c1-13(21-18(24)14-6-3-2-4-7-14)17(23)19-10-11-20-29(27,28)16-9-5-8-15(12-16)22(25)26/h2-9,12-13,20H,10-11H2,1H3,(H,19,23)(H,21,24). The van der Waals surface area contributed by atoms with Gasteiger partial charge >= 0.3 is 0 Å². The molecule has 3 N–H and O–H groups in total. The van der Waals surface area contributed by atoms with Crippen molar-refractivity contribution in [1.82, 2.24) is 15.4 Å². The van der Waals surface area contributed by atoms with Crippen LogP contribution in [-0.2, 0) is 14.8 Å². The van der Waals surface area contributed by atoms with Crippen molar-refractivity contribution in [3.05, 3.63) is 70.3 Å². The van der Waals surface area contributed by atoms with Crippen molar-refractivity contribution in [3.8, 4) is 0 Å². The molecule has 0 fully saturated rings. The zero-order chi connectivity index (χ0) is 21.4. The molecule has 2 aromatic rings. The summed E-state index contributed by atoms with van der Waals surface area (Å²) >= 11 is 0. The highest BCUT2D eigenvalue weighted by Crippen LogP contribution is 2.16. The molecule has 11 heteroatoms. The second kappa shape index (κ2) is 9.75. The SMILES string of the molecule is CC(NC(=O)c1ccccc1)C(=O)NCCNS(=O)(=O)c1cccc([N+](=O)[O-])c1. The first-order chi connectivity index (χ1) is 13.7. The molecular formula is C18H20N4O6S. The second-order valence-corrected chi connectivity index (χ2v) is 7.77. The highest BCUT2D eigenvalue weighted by Gasteiger charge is 2.18. The highest BCUT2D eigenvalue weighted by molar-refractivity contribution is 7.89. The minimum absolute atomic E-state index is 0.0292. The van der Waals surface area contributed by atoms with Crippen molar-refractivity contribution >= 4 is 27.5 Å². The first-order valence-corrected chi connectivity index (χ1v) is 10.1. The van der Waals surface area contributed by atoms with Crippen molar-refractivity contribution in [2.45, 2.75) is 17.9 Å². The van der Waals surface area contributed by atoms with Gasteiger partial charge in [0, 0.05) is 30.8 Å². The van der Waals surface area contributed by atoms with Crippen molar-refractivity contribution in [1.29, 1.82) is 0 Å². The molecule has 0 heterocycles. The molecule has 10 nitrogen and oxygen atoms in total.